The average Bonchev–Trinajstić information content (AvgIpc) is 3.06. The molecule has 1 amide bonds. The highest BCUT2D eigenvalue weighted by Gasteiger charge is 2.09. The number of carbonyl (C=O) groups excluding carboxylic acids is 1. The van der Waals surface area contributed by atoms with E-state index in [4.69, 9.17) is 0 Å². The molecular weight excluding hydrogens is 320 g/mol. The van der Waals surface area contributed by atoms with Crippen molar-refractivity contribution in [1.29, 1.82) is 0 Å². The first-order chi connectivity index (χ1) is 11.6. The normalized spacial score (nSPS) is 12.8. The van der Waals surface area contributed by atoms with Gasteiger partial charge in [0.25, 0.3) is 0 Å². The third kappa shape index (κ3) is 7.81. The van der Waals surface area contributed by atoms with Gasteiger partial charge in [0.1, 0.15) is 0 Å². The van der Waals surface area contributed by atoms with Crippen molar-refractivity contribution in [3.05, 3.63) is 22.4 Å². The summed E-state index contributed by atoms with van der Waals surface area (Å²) in [5, 5.41) is 8.62. The predicted molar refractivity (Wildman–Crippen MR) is 104 cm³/mol. The van der Waals surface area contributed by atoms with Crippen molar-refractivity contribution in [3.8, 4) is 0 Å². The largest absolute Gasteiger partial charge is 0.357 e. The Morgan fingerprint density at radius 2 is 2.04 bits per heavy atom. The average molecular weight is 353 g/mol. The zero-order chi connectivity index (χ0) is 17.8. The Hall–Kier alpha value is -1.56. The summed E-state index contributed by atoms with van der Waals surface area (Å²) in [6, 6.07) is 4.27. The third-order valence-electron chi connectivity index (χ3n) is 3.78. The molecule has 1 aromatic heterocycles. The highest BCUT2D eigenvalue weighted by Crippen LogP contribution is 2.14. The van der Waals surface area contributed by atoms with Crippen LogP contribution in [-0.2, 0) is 11.2 Å². The van der Waals surface area contributed by atoms with Gasteiger partial charge in [-0.25, -0.2) is 0 Å². The molecule has 0 aliphatic heterocycles. The molecule has 0 bridgehead atoms. The number of thiophene rings is 1. The zero-order valence-electron chi connectivity index (χ0n) is 15.5. The number of hydrogen-bond acceptors (Lipinski definition) is 3. The first kappa shape index (κ1) is 20.5. The lowest BCUT2D eigenvalue weighted by Crippen LogP contribution is -2.40. The maximum absolute atomic E-state index is 12.0. The lowest BCUT2D eigenvalue weighted by Gasteiger charge is -2.19. The number of carbonyl (C=O) groups is 1. The molecule has 136 valence electrons. The van der Waals surface area contributed by atoms with Crippen LogP contribution in [0.3, 0.4) is 0 Å². The SMILES string of the molecule is CCNC(=NCC(C)Cc1cccs1)NCCC(=O)N(CC)CC. The van der Waals surface area contributed by atoms with Crippen LogP contribution < -0.4 is 10.6 Å². The molecule has 6 heteroatoms. The maximum Gasteiger partial charge on any atom is 0.224 e. The van der Waals surface area contributed by atoms with E-state index in [0.29, 0.717) is 18.9 Å². The van der Waals surface area contributed by atoms with Crippen LogP contribution in [0.2, 0.25) is 0 Å². The van der Waals surface area contributed by atoms with Gasteiger partial charge >= 0.3 is 0 Å². The Kier molecular flexibility index (Phi) is 10.2. The van der Waals surface area contributed by atoms with Gasteiger partial charge in [0.2, 0.25) is 5.91 Å². The van der Waals surface area contributed by atoms with Crippen LogP contribution >= 0.6 is 11.3 Å². The lowest BCUT2D eigenvalue weighted by molar-refractivity contribution is -0.130. The third-order valence-corrected chi connectivity index (χ3v) is 4.68. The first-order valence-electron chi connectivity index (χ1n) is 8.92. The molecule has 1 unspecified atom stereocenters. The molecule has 0 radical (unpaired) electrons. The highest BCUT2D eigenvalue weighted by molar-refractivity contribution is 7.09. The summed E-state index contributed by atoms with van der Waals surface area (Å²) in [5.41, 5.74) is 0. The van der Waals surface area contributed by atoms with E-state index >= 15 is 0 Å². The van der Waals surface area contributed by atoms with E-state index in [0.717, 1.165) is 38.6 Å². The van der Waals surface area contributed by atoms with Crippen molar-refractivity contribution in [2.45, 2.75) is 40.5 Å². The second-order valence-corrected chi connectivity index (χ2v) is 6.88. The van der Waals surface area contributed by atoms with Gasteiger partial charge < -0.3 is 15.5 Å². The van der Waals surface area contributed by atoms with Crippen LogP contribution in [0, 0.1) is 5.92 Å². The Labute approximate surface area is 150 Å². The molecule has 0 aliphatic carbocycles. The summed E-state index contributed by atoms with van der Waals surface area (Å²) in [6.45, 7) is 12.0. The van der Waals surface area contributed by atoms with E-state index < -0.39 is 0 Å². The number of hydrogen-bond donors (Lipinski definition) is 2. The van der Waals surface area contributed by atoms with Gasteiger partial charge in [0.15, 0.2) is 5.96 Å². The Morgan fingerprint density at radius 3 is 2.62 bits per heavy atom. The molecule has 1 heterocycles. The Morgan fingerprint density at radius 1 is 1.29 bits per heavy atom. The molecule has 2 N–H and O–H groups in total. The minimum atomic E-state index is 0.189. The van der Waals surface area contributed by atoms with Gasteiger partial charge in [-0.05, 0) is 44.6 Å². The fourth-order valence-corrected chi connectivity index (χ4v) is 3.32. The first-order valence-corrected chi connectivity index (χ1v) is 9.80. The summed E-state index contributed by atoms with van der Waals surface area (Å²) in [6.07, 6.45) is 1.55. The van der Waals surface area contributed by atoms with Crippen LogP contribution in [0.4, 0.5) is 0 Å². The molecule has 1 rings (SSSR count). The summed E-state index contributed by atoms with van der Waals surface area (Å²) < 4.78 is 0. The number of amides is 1. The molecule has 5 nitrogen and oxygen atoms in total. The monoisotopic (exact) mass is 352 g/mol. The minimum Gasteiger partial charge on any atom is -0.357 e. The number of nitrogens with one attached hydrogen (secondary N) is 2. The van der Waals surface area contributed by atoms with Crippen LogP contribution in [0.1, 0.15) is 39.0 Å². The van der Waals surface area contributed by atoms with Crippen LogP contribution in [0.5, 0.6) is 0 Å². The van der Waals surface area contributed by atoms with Crippen LogP contribution in [-0.4, -0.2) is 49.5 Å². The second kappa shape index (κ2) is 11.9. The minimum absolute atomic E-state index is 0.189. The topological polar surface area (TPSA) is 56.7 Å². The summed E-state index contributed by atoms with van der Waals surface area (Å²) >= 11 is 1.80. The molecule has 0 spiro atoms. The van der Waals surface area contributed by atoms with Crippen molar-refractivity contribution in [1.82, 2.24) is 15.5 Å². The molecule has 0 saturated heterocycles. The molecule has 0 aliphatic rings. The summed E-state index contributed by atoms with van der Waals surface area (Å²) in [7, 11) is 0. The molecule has 1 atom stereocenters. The molecule has 0 aromatic carbocycles. The quantitative estimate of drug-likeness (QED) is 0.503. The van der Waals surface area contributed by atoms with Crippen molar-refractivity contribution < 1.29 is 4.79 Å². The fraction of sp³-hybridized carbons (Fsp3) is 0.667. The van der Waals surface area contributed by atoms with E-state index in [1.165, 1.54) is 4.88 Å². The number of guanidine groups is 1. The molecule has 0 saturated carbocycles. The summed E-state index contributed by atoms with van der Waals surface area (Å²) in [4.78, 5) is 19.9. The predicted octanol–water partition coefficient (Wildman–Crippen LogP) is 2.74. The van der Waals surface area contributed by atoms with E-state index in [9.17, 15) is 4.79 Å². The molecule has 0 fully saturated rings. The molecule has 24 heavy (non-hydrogen) atoms. The van der Waals surface area contributed by atoms with Gasteiger partial charge in [0.05, 0.1) is 0 Å². The number of aliphatic imine (C=N–C) groups is 1. The van der Waals surface area contributed by atoms with Gasteiger partial charge in [-0.3, -0.25) is 9.79 Å². The smallest absolute Gasteiger partial charge is 0.224 e. The van der Waals surface area contributed by atoms with Gasteiger partial charge in [0, 0.05) is 44.0 Å². The lowest BCUT2D eigenvalue weighted by atomic mass is 10.1. The van der Waals surface area contributed by atoms with Crippen molar-refractivity contribution in [2.24, 2.45) is 10.9 Å². The van der Waals surface area contributed by atoms with Gasteiger partial charge in [-0.1, -0.05) is 13.0 Å². The Balaban J connectivity index is 2.40. The van der Waals surface area contributed by atoms with E-state index in [1.807, 2.05) is 25.7 Å². The Bertz CT molecular complexity index is 483. The zero-order valence-corrected chi connectivity index (χ0v) is 16.3. The van der Waals surface area contributed by atoms with E-state index in [1.54, 1.807) is 11.3 Å². The van der Waals surface area contributed by atoms with E-state index in [2.05, 4.69) is 40.1 Å². The van der Waals surface area contributed by atoms with Gasteiger partial charge in [-0.2, -0.15) is 0 Å². The van der Waals surface area contributed by atoms with Crippen molar-refractivity contribution in [3.63, 3.8) is 0 Å². The highest BCUT2D eigenvalue weighted by atomic mass is 32.1. The van der Waals surface area contributed by atoms with Crippen molar-refractivity contribution >= 4 is 23.2 Å². The fourth-order valence-electron chi connectivity index (χ4n) is 2.45. The number of rotatable bonds is 10. The number of nitrogens with zero attached hydrogens (tertiary/aromatic N) is 2. The standard InChI is InChI=1S/C18H32N4OS/c1-5-19-18(20-11-10-17(23)22(6-2)7-3)21-14-15(4)13-16-9-8-12-24-16/h8-9,12,15H,5-7,10-11,13-14H2,1-4H3,(H2,19,20,21). The van der Waals surface area contributed by atoms with Crippen LogP contribution in [0.15, 0.2) is 22.5 Å². The van der Waals surface area contributed by atoms with Gasteiger partial charge in [-0.15, -0.1) is 11.3 Å². The maximum atomic E-state index is 12.0. The molecule has 1 aromatic rings. The van der Waals surface area contributed by atoms with Crippen molar-refractivity contribution in [2.75, 3.05) is 32.7 Å². The van der Waals surface area contributed by atoms with E-state index in [-0.39, 0.29) is 5.91 Å². The summed E-state index contributed by atoms with van der Waals surface area (Å²) in [5.74, 6) is 1.48. The second-order valence-electron chi connectivity index (χ2n) is 5.85. The molecular formula is C18H32N4OS. The van der Waals surface area contributed by atoms with Crippen LogP contribution in [0.25, 0.3) is 0 Å².